The summed E-state index contributed by atoms with van der Waals surface area (Å²) < 4.78 is 0. The van der Waals surface area contributed by atoms with Crippen molar-refractivity contribution in [3.8, 4) is 0 Å². The second-order valence-electron chi connectivity index (χ2n) is 8.55. The molecule has 170 valence electrons. The molecule has 0 aliphatic heterocycles. The first kappa shape index (κ1) is 27.6. The van der Waals surface area contributed by atoms with Gasteiger partial charge in [-0.2, -0.15) is 0 Å². The van der Waals surface area contributed by atoms with Gasteiger partial charge in [0.05, 0.1) is 0 Å². The van der Waals surface area contributed by atoms with Crippen LogP contribution in [0.4, 0.5) is 0 Å². The predicted octanol–water partition coefficient (Wildman–Crippen LogP) is 6.63. The Kier molecular flexibility index (Phi) is 17.7. The standard InChI is InChI=1S/C24H44O5/c1-3-4-5-6-7-8-9-10-11-12-13-14-15-16-17-18-19-20(2)21(23(26)27)22(25)24(28)29/h20-21H,3-19H2,1-2H3,(H,26,27)(H,28,29). The maximum absolute atomic E-state index is 11.5. The molecule has 0 aromatic carbocycles. The van der Waals surface area contributed by atoms with E-state index in [9.17, 15) is 14.4 Å². The van der Waals surface area contributed by atoms with Gasteiger partial charge in [-0.05, 0) is 12.3 Å². The van der Waals surface area contributed by atoms with E-state index in [2.05, 4.69) is 6.92 Å². The van der Waals surface area contributed by atoms with Gasteiger partial charge in [0, 0.05) is 0 Å². The van der Waals surface area contributed by atoms with Gasteiger partial charge in [0.25, 0.3) is 5.78 Å². The number of hydrogen-bond donors (Lipinski definition) is 2. The lowest BCUT2D eigenvalue weighted by Gasteiger charge is -2.17. The average molecular weight is 413 g/mol. The van der Waals surface area contributed by atoms with Gasteiger partial charge < -0.3 is 10.2 Å². The highest BCUT2D eigenvalue weighted by atomic mass is 16.4. The van der Waals surface area contributed by atoms with Gasteiger partial charge >= 0.3 is 11.9 Å². The van der Waals surface area contributed by atoms with E-state index >= 15 is 0 Å². The van der Waals surface area contributed by atoms with Crippen molar-refractivity contribution < 1.29 is 24.6 Å². The molecule has 0 radical (unpaired) electrons. The summed E-state index contributed by atoms with van der Waals surface area (Å²) in [5.74, 6) is -6.06. The first-order valence-corrected chi connectivity index (χ1v) is 11.9. The number of hydrogen-bond acceptors (Lipinski definition) is 3. The van der Waals surface area contributed by atoms with E-state index in [4.69, 9.17) is 10.2 Å². The number of carbonyl (C=O) groups excluding carboxylic acids is 1. The lowest BCUT2D eigenvalue weighted by Crippen LogP contribution is -2.34. The summed E-state index contributed by atoms with van der Waals surface area (Å²) in [6.45, 7) is 3.91. The minimum atomic E-state index is -1.66. The lowest BCUT2D eigenvalue weighted by atomic mass is 9.86. The predicted molar refractivity (Wildman–Crippen MR) is 117 cm³/mol. The molecule has 2 N–H and O–H groups in total. The van der Waals surface area contributed by atoms with Gasteiger partial charge in [0.15, 0.2) is 0 Å². The van der Waals surface area contributed by atoms with Gasteiger partial charge in [-0.25, -0.2) is 4.79 Å². The molecule has 0 heterocycles. The van der Waals surface area contributed by atoms with Gasteiger partial charge in [0.2, 0.25) is 0 Å². The van der Waals surface area contributed by atoms with Crippen LogP contribution < -0.4 is 0 Å². The smallest absolute Gasteiger partial charge is 0.373 e. The zero-order chi connectivity index (χ0) is 21.9. The summed E-state index contributed by atoms with van der Waals surface area (Å²) in [7, 11) is 0. The molecular formula is C24H44O5. The molecule has 2 atom stereocenters. The number of carbonyl (C=O) groups is 3. The van der Waals surface area contributed by atoms with Crippen molar-refractivity contribution in [2.24, 2.45) is 11.8 Å². The SMILES string of the molecule is CCCCCCCCCCCCCCCCCCC(C)C(C(=O)O)C(=O)C(=O)O. The van der Waals surface area contributed by atoms with Crippen LogP contribution in [0.25, 0.3) is 0 Å². The second-order valence-corrected chi connectivity index (χ2v) is 8.55. The quantitative estimate of drug-likeness (QED) is 0.125. The summed E-state index contributed by atoms with van der Waals surface area (Å²) in [5, 5.41) is 17.9. The number of ketones is 1. The molecule has 0 aliphatic carbocycles. The third-order valence-electron chi connectivity index (χ3n) is 5.84. The number of carboxylic acid groups (broad SMARTS) is 2. The zero-order valence-corrected chi connectivity index (χ0v) is 18.8. The van der Waals surface area contributed by atoms with E-state index in [1.54, 1.807) is 6.92 Å². The molecule has 0 fully saturated rings. The van der Waals surface area contributed by atoms with Gasteiger partial charge in [-0.1, -0.05) is 117 Å². The molecular weight excluding hydrogens is 368 g/mol. The van der Waals surface area contributed by atoms with Crippen LogP contribution in [0.1, 0.15) is 123 Å². The molecule has 0 spiro atoms. The first-order valence-electron chi connectivity index (χ1n) is 11.9. The fourth-order valence-corrected chi connectivity index (χ4v) is 3.93. The molecule has 0 amide bonds. The third-order valence-corrected chi connectivity index (χ3v) is 5.84. The Hall–Kier alpha value is -1.39. The lowest BCUT2D eigenvalue weighted by molar-refractivity contribution is -0.158. The maximum Gasteiger partial charge on any atom is 0.373 e. The molecule has 0 bridgehead atoms. The van der Waals surface area contributed by atoms with Crippen LogP contribution in [0, 0.1) is 11.8 Å². The molecule has 0 aliphatic rings. The highest BCUT2D eigenvalue weighted by Gasteiger charge is 2.35. The third kappa shape index (κ3) is 15.2. The molecule has 0 aromatic heterocycles. The summed E-state index contributed by atoms with van der Waals surface area (Å²) in [4.78, 5) is 33.5. The van der Waals surface area contributed by atoms with Crippen molar-refractivity contribution in [3.63, 3.8) is 0 Å². The molecule has 0 rings (SSSR count). The number of rotatable bonds is 21. The largest absolute Gasteiger partial charge is 0.481 e. The molecule has 5 heteroatoms. The molecule has 2 unspecified atom stereocenters. The molecule has 0 saturated heterocycles. The van der Waals surface area contributed by atoms with Gasteiger partial charge in [-0.15, -0.1) is 0 Å². The number of carboxylic acids is 2. The molecule has 0 saturated carbocycles. The van der Waals surface area contributed by atoms with E-state index in [1.165, 1.54) is 83.5 Å². The van der Waals surface area contributed by atoms with E-state index in [1.807, 2.05) is 0 Å². The number of Topliss-reactive ketones (excluding diaryl/α,β-unsaturated/α-hetero) is 1. The van der Waals surface area contributed by atoms with E-state index in [0.29, 0.717) is 6.42 Å². The van der Waals surface area contributed by atoms with Crippen molar-refractivity contribution in [2.75, 3.05) is 0 Å². The summed E-state index contributed by atoms with van der Waals surface area (Å²) in [5.41, 5.74) is 0. The minimum Gasteiger partial charge on any atom is -0.481 e. The van der Waals surface area contributed by atoms with E-state index < -0.39 is 29.6 Å². The van der Waals surface area contributed by atoms with Crippen molar-refractivity contribution in [2.45, 2.75) is 123 Å². The first-order chi connectivity index (χ1) is 13.9. The molecule has 29 heavy (non-hydrogen) atoms. The Morgan fingerprint density at radius 2 is 0.966 bits per heavy atom. The van der Waals surface area contributed by atoms with Crippen LogP contribution in [0.2, 0.25) is 0 Å². The van der Waals surface area contributed by atoms with Crippen molar-refractivity contribution >= 4 is 17.7 Å². The van der Waals surface area contributed by atoms with Crippen LogP contribution in [0.3, 0.4) is 0 Å². The Balaban J connectivity index is 3.51. The highest BCUT2D eigenvalue weighted by molar-refractivity contribution is 6.37. The molecule has 0 aromatic rings. The fourth-order valence-electron chi connectivity index (χ4n) is 3.93. The topological polar surface area (TPSA) is 91.7 Å². The van der Waals surface area contributed by atoms with Gasteiger partial charge in [0.1, 0.15) is 5.92 Å². The summed E-state index contributed by atoms with van der Waals surface area (Å²) in [6.07, 6.45) is 21.0. The van der Waals surface area contributed by atoms with Gasteiger partial charge in [-0.3, -0.25) is 9.59 Å². The van der Waals surface area contributed by atoms with Crippen molar-refractivity contribution in [1.82, 2.24) is 0 Å². The monoisotopic (exact) mass is 412 g/mol. The number of aliphatic carboxylic acids is 2. The van der Waals surface area contributed by atoms with Crippen LogP contribution in [0.15, 0.2) is 0 Å². The summed E-state index contributed by atoms with van der Waals surface area (Å²) in [6, 6.07) is 0. The van der Waals surface area contributed by atoms with E-state index in [-0.39, 0.29) is 0 Å². The Morgan fingerprint density at radius 3 is 1.28 bits per heavy atom. The molecule has 5 nitrogen and oxygen atoms in total. The van der Waals surface area contributed by atoms with Crippen molar-refractivity contribution in [1.29, 1.82) is 0 Å². The number of unbranched alkanes of at least 4 members (excludes halogenated alkanes) is 15. The Bertz CT molecular complexity index is 447. The maximum atomic E-state index is 11.5. The average Bonchev–Trinajstić information content (AvgIpc) is 2.67. The van der Waals surface area contributed by atoms with Crippen molar-refractivity contribution in [3.05, 3.63) is 0 Å². The van der Waals surface area contributed by atoms with Crippen LogP contribution in [0.5, 0.6) is 0 Å². The minimum absolute atomic E-state index is 0.442. The Labute approximate surface area is 177 Å². The zero-order valence-electron chi connectivity index (χ0n) is 18.8. The van der Waals surface area contributed by atoms with Crippen LogP contribution in [-0.2, 0) is 14.4 Å². The van der Waals surface area contributed by atoms with E-state index in [0.717, 1.165) is 19.3 Å². The second kappa shape index (κ2) is 18.6. The highest BCUT2D eigenvalue weighted by Crippen LogP contribution is 2.21. The fraction of sp³-hybridized carbons (Fsp3) is 0.875. The normalized spacial score (nSPS) is 13.2. The van der Waals surface area contributed by atoms with Crippen LogP contribution in [-0.4, -0.2) is 27.9 Å². The summed E-state index contributed by atoms with van der Waals surface area (Å²) >= 11 is 0. The Morgan fingerprint density at radius 1 is 0.621 bits per heavy atom. The van der Waals surface area contributed by atoms with Crippen LogP contribution >= 0.6 is 0 Å².